The molecule has 31 heavy (non-hydrogen) atoms. The van der Waals surface area contributed by atoms with Crippen molar-refractivity contribution >= 4 is 29.0 Å². The van der Waals surface area contributed by atoms with E-state index in [1.807, 2.05) is 21.4 Å². The quantitative estimate of drug-likeness (QED) is 0.621. The molecule has 2 aliphatic rings. The first-order valence-corrected chi connectivity index (χ1v) is 10.9. The fourth-order valence-electron chi connectivity index (χ4n) is 4.98. The summed E-state index contributed by atoms with van der Waals surface area (Å²) in [5, 5.41) is 12.2. The van der Waals surface area contributed by atoms with Crippen LogP contribution >= 0.6 is 11.6 Å². The summed E-state index contributed by atoms with van der Waals surface area (Å²) >= 11 is 6.16. The fraction of sp³-hybridized carbons (Fsp3) is 0.455. The lowest BCUT2D eigenvalue weighted by molar-refractivity contribution is -0.189. The van der Waals surface area contributed by atoms with E-state index in [4.69, 9.17) is 21.3 Å². The monoisotopic (exact) mass is 441 g/mol. The first-order valence-electron chi connectivity index (χ1n) is 10.5. The Morgan fingerprint density at radius 3 is 2.77 bits per heavy atom. The van der Waals surface area contributed by atoms with Gasteiger partial charge in [-0.15, -0.1) is 0 Å². The van der Waals surface area contributed by atoms with Gasteiger partial charge in [-0.1, -0.05) is 18.0 Å². The van der Waals surface area contributed by atoms with E-state index in [0.717, 1.165) is 30.7 Å². The molecule has 1 saturated heterocycles. The standard InChI is InChI=1S/C22H24ClN5O3/c1-31-20(29)21(7-2-8-21)22(30)9-3-11-27(14-22)18-6-10-24-19(26-18)16-12-25-17-5-4-15(23)13-28(16)17/h4-6,10,12-13,30H,2-3,7-9,11,14H2,1H3. The topological polar surface area (TPSA) is 92.9 Å². The first-order chi connectivity index (χ1) is 15.0. The van der Waals surface area contributed by atoms with Crippen LogP contribution in [0.15, 0.2) is 36.8 Å². The molecule has 9 heteroatoms. The van der Waals surface area contributed by atoms with E-state index in [9.17, 15) is 9.90 Å². The van der Waals surface area contributed by atoms with Crippen LogP contribution in [0.2, 0.25) is 5.02 Å². The first kappa shape index (κ1) is 20.2. The summed E-state index contributed by atoms with van der Waals surface area (Å²) < 4.78 is 6.93. The van der Waals surface area contributed by atoms with Crippen molar-refractivity contribution in [2.75, 3.05) is 25.1 Å². The maximum absolute atomic E-state index is 12.6. The van der Waals surface area contributed by atoms with Gasteiger partial charge in [0.2, 0.25) is 0 Å². The fourth-order valence-corrected chi connectivity index (χ4v) is 5.14. The van der Waals surface area contributed by atoms with Gasteiger partial charge in [0.25, 0.3) is 0 Å². The van der Waals surface area contributed by atoms with Gasteiger partial charge in [0.05, 0.1) is 29.3 Å². The Hall–Kier alpha value is -2.71. The number of ether oxygens (including phenoxy) is 1. The summed E-state index contributed by atoms with van der Waals surface area (Å²) in [4.78, 5) is 28.2. The average molecular weight is 442 g/mol. The Morgan fingerprint density at radius 2 is 2.03 bits per heavy atom. The van der Waals surface area contributed by atoms with Gasteiger partial charge in [0.1, 0.15) is 17.2 Å². The molecule has 3 aromatic heterocycles. The van der Waals surface area contributed by atoms with Crippen LogP contribution in [0.1, 0.15) is 32.1 Å². The van der Waals surface area contributed by atoms with Gasteiger partial charge < -0.3 is 14.7 Å². The van der Waals surface area contributed by atoms with Crippen LogP contribution in [0.5, 0.6) is 0 Å². The van der Waals surface area contributed by atoms with E-state index in [1.54, 1.807) is 24.7 Å². The minimum Gasteiger partial charge on any atom is -0.469 e. The van der Waals surface area contributed by atoms with Crippen LogP contribution in [0.3, 0.4) is 0 Å². The minimum atomic E-state index is -1.14. The van der Waals surface area contributed by atoms with Gasteiger partial charge >= 0.3 is 5.97 Å². The number of nitrogens with zero attached hydrogens (tertiary/aromatic N) is 5. The Bertz CT molecular complexity index is 1150. The highest BCUT2D eigenvalue weighted by molar-refractivity contribution is 6.30. The molecule has 2 fully saturated rings. The molecule has 162 valence electrons. The van der Waals surface area contributed by atoms with Crippen molar-refractivity contribution in [3.05, 3.63) is 41.8 Å². The number of carbonyl (C=O) groups excluding carboxylic acids is 1. The molecular weight excluding hydrogens is 418 g/mol. The van der Waals surface area contributed by atoms with Crippen LogP contribution in [-0.2, 0) is 9.53 Å². The third kappa shape index (κ3) is 3.16. The summed E-state index contributed by atoms with van der Waals surface area (Å²) in [6.45, 7) is 1.08. The number of aliphatic hydroxyl groups is 1. The van der Waals surface area contributed by atoms with Gasteiger partial charge in [0, 0.05) is 25.5 Å². The molecule has 0 bridgehead atoms. The summed E-state index contributed by atoms with van der Waals surface area (Å²) in [6.07, 6.45) is 8.77. The lowest BCUT2D eigenvalue weighted by Crippen LogP contribution is -2.64. The molecule has 0 aromatic carbocycles. The van der Waals surface area contributed by atoms with Crippen molar-refractivity contribution in [2.45, 2.75) is 37.7 Å². The van der Waals surface area contributed by atoms with E-state index in [2.05, 4.69) is 9.97 Å². The van der Waals surface area contributed by atoms with Crippen LogP contribution < -0.4 is 4.90 Å². The molecule has 5 rings (SSSR count). The number of halogens is 1. The average Bonchev–Trinajstić information content (AvgIpc) is 3.15. The molecule has 0 amide bonds. The van der Waals surface area contributed by atoms with E-state index < -0.39 is 11.0 Å². The highest BCUT2D eigenvalue weighted by Crippen LogP contribution is 2.53. The molecule has 4 heterocycles. The number of piperidine rings is 1. The van der Waals surface area contributed by atoms with E-state index in [-0.39, 0.29) is 5.97 Å². The lowest BCUT2D eigenvalue weighted by atomic mass is 9.56. The molecule has 1 unspecified atom stereocenters. The number of esters is 1. The minimum absolute atomic E-state index is 0.311. The smallest absolute Gasteiger partial charge is 0.314 e. The zero-order valence-electron chi connectivity index (χ0n) is 17.3. The zero-order valence-corrected chi connectivity index (χ0v) is 18.0. The summed E-state index contributed by atoms with van der Waals surface area (Å²) in [5.41, 5.74) is -0.477. The maximum atomic E-state index is 12.6. The number of imidazole rings is 1. The van der Waals surface area contributed by atoms with Crippen LogP contribution in [0.25, 0.3) is 17.2 Å². The number of methoxy groups -OCH3 is 1. The predicted octanol–water partition coefficient (Wildman–Crippen LogP) is 3.12. The summed E-state index contributed by atoms with van der Waals surface area (Å²) in [6, 6.07) is 5.46. The molecule has 1 atom stereocenters. The molecular formula is C22H24ClN5O3. The van der Waals surface area contributed by atoms with Crippen molar-refractivity contribution in [1.29, 1.82) is 0 Å². The molecule has 1 saturated carbocycles. The van der Waals surface area contributed by atoms with Crippen molar-refractivity contribution in [1.82, 2.24) is 19.4 Å². The molecule has 1 aliphatic carbocycles. The van der Waals surface area contributed by atoms with Crippen molar-refractivity contribution < 1.29 is 14.6 Å². The Morgan fingerprint density at radius 1 is 1.19 bits per heavy atom. The van der Waals surface area contributed by atoms with Gasteiger partial charge in [-0.25, -0.2) is 15.0 Å². The number of aromatic nitrogens is 4. The van der Waals surface area contributed by atoms with Gasteiger partial charge in [-0.05, 0) is 43.9 Å². The third-order valence-electron chi connectivity index (χ3n) is 6.81. The second kappa shape index (κ2) is 7.46. The third-order valence-corrected chi connectivity index (χ3v) is 7.03. The van der Waals surface area contributed by atoms with Crippen LogP contribution in [0, 0.1) is 5.41 Å². The maximum Gasteiger partial charge on any atom is 0.314 e. The number of hydrogen-bond donors (Lipinski definition) is 1. The molecule has 3 aromatic rings. The second-order valence-electron chi connectivity index (χ2n) is 8.44. The highest BCUT2D eigenvalue weighted by Gasteiger charge is 2.61. The Balaban J connectivity index is 1.47. The van der Waals surface area contributed by atoms with Gasteiger partial charge in [0.15, 0.2) is 5.82 Å². The van der Waals surface area contributed by atoms with Gasteiger partial charge in [-0.2, -0.15) is 0 Å². The largest absolute Gasteiger partial charge is 0.469 e. The zero-order chi connectivity index (χ0) is 21.6. The molecule has 0 spiro atoms. The van der Waals surface area contributed by atoms with Gasteiger partial charge in [-0.3, -0.25) is 9.20 Å². The van der Waals surface area contributed by atoms with E-state index in [1.165, 1.54) is 7.11 Å². The van der Waals surface area contributed by atoms with E-state index in [0.29, 0.717) is 42.5 Å². The number of hydrogen-bond acceptors (Lipinski definition) is 7. The number of pyridine rings is 1. The van der Waals surface area contributed by atoms with E-state index >= 15 is 0 Å². The van der Waals surface area contributed by atoms with Crippen molar-refractivity contribution in [2.24, 2.45) is 5.41 Å². The predicted molar refractivity (Wildman–Crippen MR) is 116 cm³/mol. The SMILES string of the molecule is COC(=O)C1(C2(O)CCCN(c3ccnc(-c4cnc5ccc(Cl)cn45)n3)C2)CCC1. The Labute approximate surface area is 184 Å². The normalized spacial score (nSPS) is 22.9. The molecule has 0 radical (unpaired) electrons. The lowest BCUT2D eigenvalue weighted by Gasteiger charge is -2.54. The summed E-state index contributed by atoms with van der Waals surface area (Å²) in [7, 11) is 1.39. The number of anilines is 1. The number of rotatable bonds is 4. The molecule has 1 N–H and O–H groups in total. The Kier molecular flexibility index (Phi) is 4.86. The number of fused-ring (bicyclic) bond motifs is 1. The number of β-amino-alcohol motifs (C(OH)–C–C–N with tert-alkyl or cyclic N) is 1. The molecule has 8 nitrogen and oxygen atoms in total. The summed E-state index contributed by atoms with van der Waals surface area (Å²) in [5.74, 6) is 0.918. The van der Waals surface area contributed by atoms with Crippen LogP contribution in [0.4, 0.5) is 5.82 Å². The highest BCUT2D eigenvalue weighted by atomic mass is 35.5. The second-order valence-corrected chi connectivity index (χ2v) is 8.88. The van der Waals surface area contributed by atoms with Crippen LogP contribution in [-0.4, -0.2) is 56.2 Å². The van der Waals surface area contributed by atoms with Crippen molar-refractivity contribution in [3.63, 3.8) is 0 Å². The number of carbonyl (C=O) groups is 1. The van der Waals surface area contributed by atoms with Crippen molar-refractivity contribution in [3.8, 4) is 11.5 Å². The molecule has 1 aliphatic heterocycles.